The molecule has 3 amide bonds. The van der Waals surface area contributed by atoms with Crippen LogP contribution in [0.2, 0.25) is 5.02 Å². The molecule has 1 aromatic carbocycles. The molecule has 5 nitrogen and oxygen atoms in total. The fourth-order valence-corrected chi connectivity index (χ4v) is 3.23. The predicted molar refractivity (Wildman–Crippen MR) is 86.2 cm³/mol. The molecule has 1 heterocycles. The van der Waals surface area contributed by atoms with Crippen LogP contribution in [-0.2, 0) is 4.79 Å². The van der Waals surface area contributed by atoms with Crippen LogP contribution in [-0.4, -0.2) is 42.5 Å². The lowest BCUT2D eigenvalue weighted by molar-refractivity contribution is -0.122. The Balaban J connectivity index is 1.56. The van der Waals surface area contributed by atoms with Crippen molar-refractivity contribution in [2.75, 3.05) is 24.5 Å². The van der Waals surface area contributed by atoms with Crippen LogP contribution >= 0.6 is 11.6 Å². The largest absolute Gasteiger partial charge is 0.352 e. The summed E-state index contributed by atoms with van der Waals surface area (Å²) in [7, 11) is 0. The van der Waals surface area contributed by atoms with Crippen LogP contribution < -0.4 is 10.2 Å². The molecule has 0 spiro atoms. The number of carbonyl (C=O) groups is 2. The van der Waals surface area contributed by atoms with E-state index in [-0.39, 0.29) is 24.5 Å². The lowest BCUT2D eigenvalue weighted by Crippen LogP contribution is -2.42. The van der Waals surface area contributed by atoms with E-state index >= 15 is 0 Å². The Morgan fingerprint density at radius 1 is 1.18 bits per heavy atom. The zero-order valence-corrected chi connectivity index (χ0v) is 13.2. The van der Waals surface area contributed by atoms with Gasteiger partial charge in [0.15, 0.2) is 0 Å². The first-order chi connectivity index (χ1) is 10.6. The van der Waals surface area contributed by atoms with Crippen molar-refractivity contribution >= 4 is 29.2 Å². The fourth-order valence-electron chi connectivity index (χ4n) is 3.11. The number of nitrogens with one attached hydrogen (secondary N) is 1. The maximum Gasteiger partial charge on any atom is 0.325 e. The Hall–Kier alpha value is -1.75. The Bertz CT molecular complexity index is 555. The van der Waals surface area contributed by atoms with Gasteiger partial charge in [-0.25, -0.2) is 4.79 Å². The van der Waals surface area contributed by atoms with E-state index in [2.05, 4.69) is 5.32 Å². The standard InChI is InChI=1S/C16H20ClN3O2/c17-12-5-7-14(8-6-12)20-10-9-19(16(20)22)11-15(21)18-13-3-1-2-4-13/h5-8,13H,1-4,9-11H2,(H,18,21). The van der Waals surface area contributed by atoms with E-state index in [1.54, 1.807) is 21.9 Å². The molecular formula is C16H20ClN3O2. The van der Waals surface area contributed by atoms with Crippen LogP contribution in [0, 0.1) is 0 Å². The van der Waals surface area contributed by atoms with Gasteiger partial charge in [0.2, 0.25) is 5.91 Å². The third-order valence-corrected chi connectivity index (χ3v) is 4.54. The van der Waals surface area contributed by atoms with Crippen molar-refractivity contribution in [1.82, 2.24) is 10.2 Å². The third-order valence-electron chi connectivity index (χ3n) is 4.29. The molecule has 0 bridgehead atoms. The smallest absolute Gasteiger partial charge is 0.325 e. The van der Waals surface area contributed by atoms with E-state index in [0.717, 1.165) is 18.5 Å². The molecule has 1 N–H and O–H groups in total. The highest BCUT2D eigenvalue weighted by atomic mass is 35.5. The second-order valence-electron chi connectivity index (χ2n) is 5.88. The lowest BCUT2D eigenvalue weighted by Gasteiger charge is -2.19. The molecule has 2 fully saturated rings. The monoisotopic (exact) mass is 321 g/mol. The second-order valence-corrected chi connectivity index (χ2v) is 6.32. The highest BCUT2D eigenvalue weighted by molar-refractivity contribution is 6.30. The minimum atomic E-state index is -0.121. The summed E-state index contributed by atoms with van der Waals surface area (Å²) in [5.41, 5.74) is 0.813. The summed E-state index contributed by atoms with van der Waals surface area (Å²) in [6.07, 6.45) is 4.46. The summed E-state index contributed by atoms with van der Waals surface area (Å²) in [5.74, 6) is -0.0572. The van der Waals surface area contributed by atoms with Crippen LogP contribution in [0.4, 0.5) is 10.5 Å². The van der Waals surface area contributed by atoms with Gasteiger partial charge in [-0.2, -0.15) is 0 Å². The number of anilines is 1. The number of amides is 3. The van der Waals surface area contributed by atoms with Crippen LogP contribution in [0.5, 0.6) is 0 Å². The summed E-state index contributed by atoms with van der Waals surface area (Å²) in [6, 6.07) is 7.34. The number of nitrogens with zero attached hydrogens (tertiary/aromatic N) is 2. The molecule has 1 aromatic rings. The molecule has 1 aliphatic carbocycles. The normalized spacial score (nSPS) is 19.0. The highest BCUT2D eigenvalue weighted by Gasteiger charge is 2.31. The predicted octanol–water partition coefficient (Wildman–Crippen LogP) is 2.64. The zero-order chi connectivity index (χ0) is 15.5. The SMILES string of the molecule is O=C(CN1CCN(c2ccc(Cl)cc2)C1=O)NC1CCCC1. The number of urea groups is 1. The second kappa shape index (κ2) is 6.57. The number of benzene rings is 1. The summed E-state index contributed by atoms with van der Waals surface area (Å²) in [6.45, 7) is 1.30. The van der Waals surface area contributed by atoms with Crippen LogP contribution in [0.15, 0.2) is 24.3 Å². The van der Waals surface area contributed by atoms with Gasteiger partial charge in [0, 0.05) is 29.8 Å². The van der Waals surface area contributed by atoms with Crippen molar-refractivity contribution in [3.8, 4) is 0 Å². The maximum atomic E-state index is 12.4. The van der Waals surface area contributed by atoms with Gasteiger partial charge in [-0.1, -0.05) is 24.4 Å². The summed E-state index contributed by atoms with van der Waals surface area (Å²) < 4.78 is 0. The van der Waals surface area contributed by atoms with E-state index in [9.17, 15) is 9.59 Å². The van der Waals surface area contributed by atoms with Gasteiger partial charge in [-0.05, 0) is 37.1 Å². The number of halogens is 1. The van der Waals surface area contributed by atoms with Crippen molar-refractivity contribution in [2.24, 2.45) is 0 Å². The minimum Gasteiger partial charge on any atom is -0.352 e. The molecule has 0 unspecified atom stereocenters. The molecule has 1 saturated carbocycles. The molecule has 0 aromatic heterocycles. The maximum absolute atomic E-state index is 12.4. The topological polar surface area (TPSA) is 52.7 Å². The average molecular weight is 322 g/mol. The van der Waals surface area contributed by atoms with Gasteiger partial charge in [-0.15, -0.1) is 0 Å². The van der Waals surface area contributed by atoms with E-state index in [1.165, 1.54) is 12.8 Å². The quantitative estimate of drug-likeness (QED) is 0.927. The molecule has 6 heteroatoms. The van der Waals surface area contributed by atoms with Crippen molar-refractivity contribution in [2.45, 2.75) is 31.7 Å². The minimum absolute atomic E-state index is 0.0572. The number of hydrogen-bond acceptors (Lipinski definition) is 2. The molecule has 1 aliphatic heterocycles. The molecule has 0 radical (unpaired) electrons. The first kappa shape index (κ1) is 15.2. The van der Waals surface area contributed by atoms with Gasteiger partial charge in [0.25, 0.3) is 0 Å². The van der Waals surface area contributed by atoms with Crippen molar-refractivity contribution in [3.05, 3.63) is 29.3 Å². The fraction of sp³-hybridized carbons (Fsp3) is 0.500. The van der Waals surface area contributed by atoms with Gasteiger partial charge >= 0.3 is 6.03 Å². The first-order valence-electron chi connectivity index (χ1n) is 7.75. The van der Waals surface area contributed by atoms with E-state index in [1.807, 2.05) is 12.1 Å². The number of carbonyl (C=O) groups excluding carboxylic acids is 2. The average Bonchev–Trinajstić information content (AvgIpc) is 3.11. The van der Waals surface area contributed by atoms with E-state index in [0.29, 0.717) is 18.1 Å². The number of hydrogen-bond donors (Lipinski definition) is 1. The molecule has 2 aliphatic rings. The molecule has 118 valence electrons. The molecular weight excluding hydrogens is 302 g/mol. The Morgan fingerprint density at radius 3 is 2.55 bits per heavy atom. The number of rotatable bonds is 4. The highest BCUT2D eigenvalue weighted by Crippen LogP contribution is 2.22. The Kier molecular flexibility index (Phi) is 4.52. The van der Waals surface area contributed by atoms with Gasteiger partial charge in [0.05, 0.1) is 0 Å². The van der Waals surface area contributed by atoms with Gasteiger partial charge in [-0.3, -0.25) is 9.69 Å². The summed E-state index contributed by atoms with van der Waals surface area (Å²) >= 11 is 5.87. The zero-order valence-electron chi connectivity index (χ0n) is 12.4. The van der Waals surface area contributed by atoms with Crippen LogP contribution in [0.1, 0.15) is 25.7 Å². The van der Waals surface area contributed by atoms with Gasteiger partial charge in [0.1, 0.15) is 6.54 Å². The summed E-state index contributed by atoms with van der Waals surface area (Å²) in [4.78, 5) is 27.7. The molecule has 3 rings (SSSR count). The van der Waals surface area contributed by atoms with E-state index in [4.69, 9.17) is 11.6 Å². The van der Waals surface area contributed by atoms with Crippen LogP contribution in [0.3, 0.4) is 0 Å². The molecule has 1 saturated heterocycles. The van der Waals surface area contributed by atoms with Crippen LogP contribution in [0.25, 0.3) is 0 Å². The van der Waals surface area contributed by atoms with E-state index < -0.39 is 0 Å². The Labute approximate surface area is 135 Å². The first-order valence-corrected chi connectivity index (χ1v) is 8.12. The molecule has 22 heavy (non-hydrogen) atoms. The van der Waals surface area contributed by atoms with Crippen molar-refractivity contribution in [1.29, 1.82) is 0 Å². The lowest BCUT2D eigenvalue weighted by atomic mass is 10.2. The summed E-state index contributed by atoms with van der Waals surface area (Å²) in [5, 5.41) is 3.66. The molecule has 0 atom stereocenters. The van der Waals surface area contributed by atoms with Crippen molar-refractivity contribution < 1.29 is 9.59 Å². The van der Waals surface area contributed by atoms with Gasteiger partial charge < -0.3 is 10.2 Å². The Morgan fingerprint density at radius 2 is 1.86 bits per heavy atom. The third kappa shape index (κ3) is 3.35. The van der Waals surface area contributed by atoms with Crippen molar-refractivity contribution in [3.63, 3.8) is 0 Å².